The van der Waals surface area contributed by atoms with Crippen LogP contribution in [0.15, 0.2) is 42.9 Å². The van der Waals surface area contributed by atoms with Crippen LogP contribution in [0, 0.1) is 6.92 Å². The highest BCUT2D eigenvalue weighted by Crippen LogP contribution is 2.19. The number of aromatic nitrogens is 3. The molecule has 0 bridgehead atoms. The van der Waals surface area contributed by atoms with E-state index in [9.17, 15) is 4.79 Å². The third-order valence-corrected chi connectivity index (χ3v) is 2.96. The Morgan fingerprint density at radius 1 is 1.21 bits per heavy atom. The van der Waals surface area contributed by atoms with E-state index in [-0.39, 0.29) is 5.56 Å². The number of carboxylic acids is 1. The molecule has 0 radical (unpaired) electrons. The van der Waals surface area contributed by atoms with Gasteiger partial charge in [-0.15, -0.1) is 0 Å². The van der Waals surface area contributed by atoms with Crippen molar-refractivity contribution in [3.05, 3.63) is 54.0 Å². The number of pyridine rings is 1. The molecule has 2 heterocycles. The fourth-order valence-corrected chi connectivity index (χ4v) is 1.94. The van der Waals surface area contributed by atoms with E-state index >= 15 is 0 Å². The van der Waals surface area contributed by atoms with E-state index in [1.54, 1.807) is 17.1 Å². The molecule has 1 aromatic carbocycles. The molecule has 0 saturated heterocycles. The average Bonchev–Trinajstić information content (AvgIpc) is 2.82. The maximum atomic E-state index is 11.1. The zero-order chi connectivity index (χ0) is 13.4. The lowest BCUT2D eigenvalue weighted by Gasteiger charge is -2.00. The second kappa shape index (κ2) is 4.20. The maximum Gasteiger partial charge on any atom is 0.338 e. The predicted octanol–water partition coefficient (Wildman–Crippen LogP) is 2.43. The van der Waals surface area contributed by atoms with Crippen LogP contribution in [-0.2, 0) is 0 Å². The Morgan fingerprint density at radius 3 is 2.63 bits per heavy atom. The molecular formula is C14H11N3O2. The van der Waals surface area contributed by atoms with Crippen molar-refractivity contribution < 1.29 is 9.90 Å². The Balaban J connectivity index is 2.19. The summed E-state index contributed by atoms with van der Waals surface area (Å²) in [4.78, 5) is 15.0. The van der Waals surface area contributed by atoms with Gasteiger partial charge in [0.05, 0.1) is 17.4 Å². The molecule has 2 aromatic heterocycles. The Kier molecular flexibility index (Phi) is 2.52. The van der Waals surface area contributed by atoms with E-state index in [4.69, 9.17) is 5.11 Å². The summed E-state index contributed by atoms with van der Waals surface area (Å²) in [6, 6.07) is 7.85. The summed E-state index contributed by atoms with van der Waals surface area (Å²) >= 11 is 0. The first-order valence-corrected chi connectivity index (χ1v) is 5.79. The van der Waals surface area contributed by atoms with Crippen molar-refractivity contribution in [1.29, 1.82) is 0 Å². The second-order valence-electron chi connectivity index (χ2n) is 4.33. The molecule has 19 heavy (non-hydrogen) atoms. The first-order chi connectivity index (χ1) is 9.15. The SMILES string of the molecule is Cc1ccc(-n2cc3c(C(=O)O)cncc3n2)cc1. The highest BCUT2D eigenvalue weighted by Gasteiger charge is 2.12. The molecule has 0 spiro atoms. The highest BCUT2D eigenvalue weighted by atomic mass is 16.4. The minimum absolute atomic E-state index is 0.163. The Bertz CT molecular complexity index is 760. The zero-order valence-corrected chi connectivity index (χ0v) is 10.2. The number of carboxylic acid groups (broad SMARTS) is 1. The predicted molar refractivity (Wildman–Crippen MR) is 70.6 cm³/mol. The van der Waals surface area contributed by atoms with Gasteiger partial charge < -0.3 is 5.11 Å². The summed E-state index contributed by atoms with van der Waals surface area (Å²) < 4.78 is 1.66. The Labute approximate surface area is 109 Å². The molecule has 5 nitrogen and oxygen atoms in total. The van der Waals surface area contributed by atoms with Crippen LogP contribution < -0.4 is 0 Å². The molecule has 0 aliphatic rings. The molecule has 0 unspecified atom stereocenters. The number of nitrogens with zero attached hydrogens (tertiary/aromatic N) is 3. The van der Waals surface area contributed by atoms with Gasteiger partial charge in [-0.2, -0.15) is 5.10 Å². The maximum absolute atomic E-state index is 11.1. The van der Waals surface area contributed by atoms with Crippen molar-refractivity contribution in [3.8, 4) is 5.69 Å². The summed E-state index contributed by atoms with van der Waals surface area (Å²) in [5.41, 5.74) is 2.78. The third kappa shape index (κ3) is 1.95. The minimum Gasteiger partial charge on any atom is -0.478 e. The smallest absolute Gasteiger partial charge is 0.338 e. The lowest BCUT2D eigenvalue weighted by molar-refractivity contribution is 0.0698. The number of hydrogen-bond acceptors (Lipinski definition) is 3. The third-order valence-electron chi connectivity index (χ3n) is 2.96. The van der Waals surface area contributed by atoms with Gasteiger partial charge in [-0.1, -0.05) is 17.7 Å². The van der Waals surface area contributed by atoms with Crippen molar-refractivity contribution in [2.45, 2.75) is 6.92 Å². The van der Waals surface area contributed by atoms with Gasteiger partial charge >= 0.3 is 5.97 Å². The molecule has 94 valence electrons. The number of rotatable bonds is 2. The lowest BCUT2D eigenvalue weighted by Crippen LogP contribution is -1.97. The van der Waals surface area contributed by atoms with Crippen LogP contribution in [0.25, 0.3) is 16.6 Å². The average molecular weight is 253 g/mol. The molecular weight excluding hydrogens is 242 g/mol. The van der Waals surface area contributed by atoms with Crippen LogP contribution >= 0.6 is 0 Å². The number of aryl methyl sites for hydroxylation is 1. The zero-order valence-electron chi connectivity index (χ0n) is 10.2. The molecule has 1 N–H and O–H groups in total. The molecule has 0 atom stereocenters. The molecule has 3 rings (SSSR count). The Hall–Kier alpha value is -2.69. The molecule has 0 amide bonds. The topological polar surface area (TPSA) is 68.0 Å². The van der Waals surface area contributed by atoms with Gasteiger partial charge in [0.25, 0.3) is 0 Å². The second-order valence-corrected chi connectivity index (χ2v) is 4.33. The van der Waals surface area contributed by atoms with E-state index in [1.165, 1.54) is 6.20 Å². The van der Waals surface area contributed by atoms with E-state index in [0.29, 0.717) is 10.9 Å². The Morgan fingerprint density at radius 2 is 1.95 bits per heavy atom. The number of fused-ring (bicyclic) bond motifs is 1. The standard InChI is InChI=1S/C14H11N3O2/c1-9-2-4-10(5-3-9)17-8-12-11(14(18)19)6-15-7-13(12)16-17/h2-8H,1H3,(H,18,19). The number of hydrogen-bond donors (Lipinski definition) is 1. The van der Waals surface area contributed by atoms with Crippen LogP contribution in [0.1, 0.15) is 15.9 Å². The lowest BCUT2D eigenvalue weighted by atomic mass is 10.2. The van der Waals surface area contributed by atoms with Crippen LogP contribution in [0.4, 0.5) is 0 Å². The summed E-state index contributed by atoms with van der Waals surface area (Å²) in [5.74, 6) is -0.999. The van der Waals surface area contributed by atoms with Gasteiger partial charge in [0.2, 0.25) is 0 Å². The first kappa shape index (κ1) is 11.4. The normalized spacial score (nSPS) is 10.8. The number of carbonyl (C=O) groups is 1. The summed E-state index contributed by atoms with van der Waals surface area (Å²) in [6.45, 7) is 2.01. The minimum atomic E-state index is -0.999. The van der Waals surface area contributed by atoms with E-state index in [0.717, 1.165) is 11.3 Å². The molecule has 0 aliphatic carbocycles. The molecule has 0 fully saturated rings. The van der Waals surface area contributed by atoms with Gasteiger partial charge in [-0.25, -0.2) is 9.48 Å². The van der Waals surface area contributed by atoms with Crippen molar-refractivity contribution in [2.75, 3.05) is 0 Å². The molecule has 0 saturated carbocycles. The van der Waals surface area contributed by atoms with Crippen LogP contribution in [-0.4, -0.2) is 25.8 Å². The van der Waals surface area contributed by atoms with E-state index in [1.807, 2.05) is 31.2 Å². The quantitative estimate of drug-likeness (QED) is 0.761. The molecule has 0 aliphatic heterocycles. The number of benzene rings is 1. The van der Waals surface area contributed by atoms with Crippen molar-refractivity contribution >= 4 is 16.9 Å². The van der Waals surface area contributed by atoms with Crippen LogP contribution in [0.2, 0.25) is 0 Å². The van der Waals surface area contributed by atoms with Gasteiger partial charge in [0.15, 0.2) is 0 Å². The van der Waals surface area contributed by atoms with Crippen molar-refractivity contribution in [1.82, 2.24) is 14.8 Å². The van der Waals surface area contributed by atoms with Crippen LogP contribution in [0.5, 0.6) is 0 Å². The van der Waals surface area contributed by atoms with Gasteiger partial charge in [0, 0.05) is 17.8 Å². The highest BCUT2D eigenvalue weighted by molar-refractivity contribution is 6.01. The number of aromatic carboxylic acids is 1. The largest absolute Gasteiger partial charge is 0.478 e. The monoisotopic (exact) mass is 253 g/mol. The van der Waals surface area contributed by atoms with Crippen molar-refractivity contribution in [3.63, 3.8) is 0 Å². The van der Waals surface area contributed by atoms with Gasteiger partial charge in [0.1, 0.15) is 5.52 Å². The first-order valence-electron chi connectivity index (χ1n) is 5.79. The molecule has 3 aromatic rings. The van der Waals surface area contributed by atoms with E-state index in [2.05, 4.69) is 10.1 Å². The fraction of sp³-hybridized carbons (Fsp3) is 0.0714. The van der Waals surface area contributed by atoms with Crippen LogP contribution in [0.3, 0.4) is 0 Å². The summed E-state index contributed by atoms with van der Waals surface area (Å²) in [7, 11) is 0. The van der Waals surface area contributed by atoms with Gasteiger partial charge in [-0.05, 0) is 19.1 Å². The van der Waals surface area contributed by atoms with Gasteiger partial charge in [-0.3, -0.25) is 4.98 Å². The molecule has 5 heteroatoms. The summed E-state index contributed by atoms with van der Waals surface area (Å²) in [5, 5.41) is 14.1. The summed E-state index contributed by atoms with van der Waals surface area (Å²) in [6.07, 6.45) is 4.61. The fourth-order valence-electron chi connectivity index (χ4n) is 1.94. The van der Waals surface area contributed by atoms with Crippen molar-refractivity contribution in [2.24, 2.45) is 0 Å². The van der Waals surface area contributed by atoms with E-state index < -0.39 is 5.97 Å².